The Morgan fingerprint density at radius 3 is 2.60 bits per heavy atom. The summed E-state index contributed by atoms with van der Waals surface area (Å²) in [6, 6.07) is 4.84. The molecule has 0 amide bonds. The molecule has 2 rings (SSSR count). The van der Waals surface area contributed by atoms with Gasteiger partial charge in [0.05, 0.1) is 0 Å². The van der Waals surface area contributed by atoms with Crippen molar-refractivity contribution in [3.63, 3.8) is 0 Å². The van der Waals surface area contributed by atoms with Gasteiger partial charge in [-0.2, -0.15) is 13.2 Å². The van der Waals surface area contributed by atoms with Crippen molar-refractivity contribution in [1.82, 2.24) is 4.90 Å². The first-order chi connectivity index (χ1) is 11.6. The Hall–Kier alpha value is -0.930. The number of fused-ring (bicyclic) bond motifs is 1. The normalized spacial score (nSPS) is 18.3. The molecule has 0 radical (unpaired) electrons. The number of alkyl halides is 3. The first-order valence-corrected chi connectivity index (χ1v) is 10.9. The van der Waals surface area contributed by atoms with Gasteiger partial charge in [0, 0.05) is 33.3 Å². The summed E-state index contributed by atoms with van der Waals surface area (Å²) in [7, 11) is -5.45. The van der Waals surface area contributed by atoms with Gasteiger partial charge < -0.3 is 4.74 Å². The molecule has 0 fully saturated rings. The van der Waals surface area contributed by atoms with Crippen LogP contribution < -0.4 is 4.74 Å². The number of halogens is 3. The lowest BCUT2D eigenvalue weighted by Gasteiger charge is -2.38. The minimum Gasteiger partial charge on any atom is -0.492 e. The fraction of sp³-hybridized carbons (Fsp3) is 0.625. The summed E-state index contributed by atoms with van der Waals surface area (Å²) in [5.74, 6) is 0.457. The Kier molecular flexibility index (Phi) is 6.32. The quantitative estimate of drug-likeness (QED) is 0.678. The summed E-state index contributed by atoms with van der Waals surface area (Å²) in [6.07, 6.45) is 1.41. The zero-order valence-corrected chi connectivity index (χ0v) is 16.0. The topological polar surface area (TPSA) is 46.6 Å². The Labute approximate surface area is 150 Å². The van der Waals surface area contributed by atoms with Crippen molar-refractivity contribution in [2.24, 2.45) is 0 Å². The van der Waals surface area contributed by atoms with E-state index in [1.807, 2.05) is 0 Å². The van der Waals surface area contributed by atoms with Gasteiger partial charge in [0.25, 0.3) is 0 Å². The summed E-state index contributed by atoms with van der Waals surface area (Å²) < 4.78 is 66.9. The predicted molar refractivity (Wildman–Crippen MR) is 92.4 cm³/mol. The van der Waals surface area contributed by atoms with Gasteiger partial charge in [-0.25, -0.2) is 8.42 Å². The van der Waals surface area contributed by atoms with Crippen LogP contribution in [0.25, 0.3) is 0 Å². The van der Waals surface area contributed by atoms with E-state index in [0.717, 1.165) is 13.0 Å². The molecular weight excluding hydrogens is 375 g/mol. The van der Waals surface area contributed by atoms with Crippen LogP contribution in [-0.4, -0.2) is 44.1 Å². The lowest BCUT2D eigenvalue weighted by Crippen LogP contribution is -2.47. The van der Waals surface area contributed by atoms with E-state index in [9.17, 15) is 21.6 Å². The van der Waals surface area contributed by atoms with Gasteiger partial charge in [0.1, 0.15) is 12.4 Å². The molecule has 9 heteroatoms. The maximum absolute atomic E-state index is 12.7. The molecule has 142 valence electrons. The molecule has 0 bridgehead atoms. The molecule has 1 heterocycles. The van der Waals surface area contributed by atoms with Crippen molar-refractivity contribution >= 4 is 19.7 Å². The molecule has 0 N–H and O–H groups in total. The van der Waals surface area contributed by atoms with E-state index in [-0.39, 0.29) is 27.8 Å². The number of hydrogen-bond donors (Lipinski definition) is 0. The Bertz CT molecular complexity index is 705. The smallest absolute Gasteiger partial charge is 0.492 e. The van der Waals surface area contributed by atoms with Crippen LogP contribution in [0, 0.1) is 0 Å². The molecule has 1 unspecified atom stereocenters. The molecule has 1 aliphatic rings. The molecule has 4 nitrogen and oxygen atoms in total. The summed E-state index contributed by atoms with van der Waals surface area (Å²) in [6.45, 7) is 7.45. The molecule has 1 aromatic carbocycles. The first kappa shape index (κ1) is 20.4. The minimum atomic E-state index is -5.30. The van der Waals surface area contributed by atoms with E-state index in [4.69, 9.17) is 4.74 Å². The third-order valence-corrected chi connectivity index (χ3v) is 7.17. The van der Waals surface area contributed by atoms with Gasteiger partial charge in [0.15, 0.2) is 0 Å². The third-order valence-electron chi connectivity index (χ3n) is 4.06. The highest BCUT2D eigenvalue weighted by Crippen LogP contribution is 2.42. The molecule has 1 aliphatic heterocycles. The van der Waals surface area contributed by atoms with E-state index in [1.165, 1.54) is 12.1 Å². The zero-order chi connectivity index (χ0) is 18.8. The van der Waals surface area contributed by atoms with Crippen LogP contribution in [0.5, 0.6) is 5.75 Å². The Morgan fingerprint density at radius 1 is 1.36 bits per heavy atom. The van der Waals surface area contributed by atoms with Crippen molar-refractivity contribution in [1.29, 1.82) is 0 Å². The van der Waals surface area contributed by atoms with E-state index >= 15 is 0 Å². The van der Waals surface area contributed by atoms with Crippen LogP contribution in [0.15, 0.2) is 23.1 Å². The van der Waals surface area contributed by atoms with E-state index < -0.39 is 14.4 Å². The van der Waals surface area contributed by atoms with Crippen molar-refractivity contribution in [3.05, 3.63) is 23.8 Å². The molecule has 0 saturated heterocycles. The minimum absolute atomic E-state index is 0.00258. The van der Waals surface area contributed by atoms with Crippen LogP contribution in [0.3, 0.4) is 0 Å². The number of benzene rings is 1. The predicted octanol–water partition coefficient (Wildman–Crippen LogP) is 4.05. The molecule has 1 aromatic rings. The average Bonchev–Trinajstić information content (AvgIpc) is 2.51. The third kappa shape index (κ3) is 4.62. The summed E-state index contributed by atoms with van der Waals surface area (Å²) in [5.41, 5.74) is -4.76. The first-order valence-electron chi connectivity index (χ1n) is 8.08. The largest absolute Gasteiger partial charge is 0.507 e. The van der Waals surface area contributed by atoms with Gasteiger partial charge in [0.2, 0.25) is 0 Å². The number of rotatable bonds is 6. The number of ether oxygens (including phenoxy) is 1. The lowest BCUT2D eigenvalue weighted by molar-refractivity contribution is -0.0410. The second-order valence-corrected chi connectivity index (χ2v) is 10.0. The maximum atomic E-state index is 12.7. The highest BCUT2D eigenvalue weighted by Gasteiger charge is 2.47. The van der Waals surface area contributed by atoms with Crippen LogP contribution in [0.2, 0.25) is 0 Å². The second-order valence-electron chi connectivity index (χ2n) is 6.22. The SMILES string of the molecule is CCCN(C(C)C)C1COc2cccc(SS(=O)(=O)C(F)(F)F)c2C1. The van der Waals surface area contributed by atoms with Crippen LogP contribution >= 0.6 is 10.8 Å². The average molecular weight is 397 g/mol. The Balaban J connectivity index is 2.32. The molecule has 25 heavy (non-hydrogen) atoms. The monoisotopic (exact) mass is 397 g/mol. The summed E-state index contributed by atoms with van der Waals surface area (Å²) >= 11 is 0. The van der Waals surface area contributed by atoms with Gasteiger partial charge in [-0.05, 0) is 45.4 Å². The molecule has 0 aliphatic carbocycles. The van der Waals surface area contributed by atoms with E-state index in [0.29, 0.717) is 24.3 Å². The van der Waals surface area contributed by atoms with Crippen molar-refractivity contribution < 1.29 is 26.3 Å². The van der Waals surface area contributed by atoms with Crippen LogP contribution in [-0.2, 0) is 15.3 Å². The number of nitrogens with zero attached hydrogens (tertiary/aromatic N) is 1. The van der Waals surface area contributed by atoms with Gasteiger partial charge >= 0.3 is 14.4 Å². The van der Waals surface area contributed by atoms with Crippen LogP contribution in [0.1, 0.15) is 32.8 Å². The van der Waals surface area contributed by atoms with Crippen molar-refractivity contribution in [2.75, 3.05) is 13.2 Å². The highest BCUT2D eigenvalue weighted by molar-refractivity contribution is 8.72. The molecule has 0 saturated carbocycles. The maximum Gasteiger partial charge on any atom is 0.507 e. The van der Waals surface area contributed by atoms with Crippen molar-refractivity contribution in [2.45, 2.75) is 56.1 Å². The lowest BCUT2D eigenvalue weighted by atomic mass is 10.00. The van der Waals surface area contributed by atoms with Gasteiger partial charge in [-0.1, -0.05) is 13.0 Å². The van der Waals surface area contributed by atoms with Crippen LogP contribution in [0.4, 0.5) is 13.2 Å². The fourth-order valence-corrected chi connectivity index (χ4v) is 5.15. The fourth-order valence-electron chi connectivity index (χ4n) is 2.94. The molecular formula is C16H22F3NO3S2. The van der Waals surface area contributed by atoms with Gasteiger partial charge in [-0.15, -0.1) is 0 Å². The standard InChI is InChI=1S/C16H22F3NO3S2/c1-4-8-20(11(2)3)12-9-13-14(23-10-12)6-5-7-15(13)24-25(21,22)16(17,18)19/h5-7,11-12H,4,8-10H2,1-3H3. The summed E-state index contributed by atoms with van der Waals surface area (Å²) in [4.78, 5) is 2.32. The molecule has 0 aromatic heterocycles. The highest BCUT2D eigenvalue weighted by atomic mass is 33.1. The molecule has 1 atom stereocenters. The zero-order valence-electron chi connectivity index (χ0n) is 14.3. The van der Waals surface area contributed by atoms with Gasteiger partial charge in [-0.3, -0.25) is 4.90 Å². The molecule has 0 spiro atoms. The summed E-state index contributed by atoms with van der Waals surface area (Å²) in [5, 5.41) is 0. The van der Waals surface area contributed by atoms with E-state index in [2.05, 4.69) is 25.7 Å². The van der Waals surface area contributed by atoms with E-state index in [1.54, 1.807) is 6.07 Å². The Morgan fingerprint density at radius 2 is 2.04 bits per heavy atom. The van der Waals surface area contributed by atoms with Crippen molar-refractivity contribution in [3.8, 4) is 5.75 Å². The second kappa shape index (κ2) is 7.75. The number of hydrogen-bond acceptors (Lipinski definition) is 5.